The Hall–Kier alpha value is -2.92. The monoisotopic (exact) mass is 447 g/mol. The molecule has 0 aliphatic heterocycles. The molecule has 1 heterocycles. The number of carbonyl (C=O) groups is 2. The Bertz CT molecular complexity index is 1080. The van der Waals surface area contributed by atoms with Crippen molar-refractivity contribution in [2.24, 2.45) is 0 Å². The van der Waals surface area contributed by atoms with Gasteiger partial charge in [0.05, 0.1) is 13.5 Å². The topological polar surface area (TPSA) is 55.4 Å². The lowest BCUT2D eigenvalue weighted by molar-refractivity contribution is -0.115. The summed E-state index contributed by atoms with van der Waals surface area (Å²) in [4.78, 5) is 26.4. The van der Waals surface area contributed by atoms with Crippen molar-refractivity contribution in [1.29, 1.82) is 0 Å². The largest absolute Gasteiger partial charge is 0.465 e. The predicted molar refractivity (Wildman–Crippen MR) is 130 cm³/mol. The van der Waals surface area contributed by atoms with E-state index < -0.39 is 5.97 Å². The van der Waals surface area contributed by atoms with E-state index in [-0.39, 0.29) is 12.3 Å². The van der Waals surface area contributed by atoms with E-state index in [2.05, 4.69) is 29.6 Å². The lowest BCUT2D eigenvalue weighted by atomic mass is 9.83. The van der Waals surface area contributed by atoms with Crippen LogP contribution in [0.15, 0.2) is 54.6 Å². The molecule has 2 aromatic carbocycles. The average molecular weight is 448 g/mol. The standard InChI is InChI=1S/C27H29NO3S/c1-18-24(22-15-13-21(14-16-22)20-11-7-4-8-12-20)25(27(30)31-2)26(32-18)28-23(29)17-19-9-5-3-6-10-19/h3,5-6,9-10,13-16,20H,4,7-8,11-12,17H2,1-2H3,(H,28,29). The van der Waals surface area contributed by atoms with Crippen LogP contribution in [0.4, 0.5) is 5.00 Å². The smallest absolute Gasteiger partial charge is 0.341 e. The normalized spacial score (nSPS) is 14.2. The van der Waals surface area contributed by atoms with Gasteiger partial charge in [-0.05, 0) is 42.4 Å². The van der Waals surface area contributed by atoms with Gasteiger partial charge >= 0.3 is 5.97 Å². The molecule has 1 fully saturated rings. The Morgan fingerprint density at radius 3 is 2.34 bits per heavy atom. The van der Waals surface area contributed by atoms with Crippen molar-refractivity contribution < 1.29 is 14.3 Å². The Labute approximate surface area is 193 Å². The highest BCUT2D eigenvalue weighted by atomic mass is 32.1. The summed E-state index contributed by atoms with van der Waals surface area (Å²) in [5, 5.41) is 3.49. The van der Waals surface area contributed by atoms with Crippen molar-refractivity contribution in [3.63, 3.8) is 0 Å². The van der Waals surface area contributed by atoms with Crippen LogP contribution in [0.25, 0.3) is 11.1 Å². The molecule has 1 saturated carbocycles. The minimum Gasteiger partial charge on any atom is -0.465 e. The molecule has 0 unspecified atom stereocenters. The van der Waals surface area contributed by atoms with Gasteiger partial charge in [0.2, 0.25) is 5.91 Å². The molecule has 1 aliphatic rings. The lowest BCUT2D eigenvalue weighted by Gasteiger charge is -2.22. The molecule has 1 N–H and O–H groups in total. The summed E-state index contributed by atoms with van der Waals surface area (Å²) in [6.07, 6.45) is 6.70. The van der Waals surface area contributed by atoms with Gasteiger partial charge in [0.15, 0.2) is 0 Å². The fourth-order valence-corrected chi connectivity index (χ4v) is 5.67. The molecular formula is C27H29NO3S. The van der Waals surface area contributed by atoms with Crippen molar-refractivity contribution in [2.45, 2.75) is 51.4 Å². The first-order chi connectivity index (χ1) is 15.6. The van der Waals surface area contributed by atoms with Crippen LogP contribution in [0.1, 0.15) is 64.4 Å². The first-order valence-corrected chi connectivity index (χ1v) is 12.0. The molecule has 1 aromatic heterocycles. The van der Waals surface area contributed by atoms with Gasteiger partial charge in [-0.2, -0.15) is 0 Å². The van der Waals surface area contributed by atoms with E-state index in [4.69, 9.17) is 4.74 Å². The predicted octanol–water partition coefficient (Wildman–Crippen LogP) is 6.74. The molecule has 1 amide bonds. The van der Waals surface area contributed by atoms with Crippen LogP contribution in [0.5, 0.6) is 0 Å². The second-order valence-electron chi connectivity index (χ2n) is 8.40. The zero-order valence-corrected chi connectivity index (χ0v) is 19.5. The van der Waals surface area contributed by atoms with E-state index in [9.17, 15) is 9.59 Å². The second-order valence-corrected chi connectivity index (χ2v) is 9.62. The van der Waals surface area contributed by atoms with Crippen molar-refractivity contribution >= 4 is 28.2 Å². The van der Waals surface area contributed by atoms with Gasteiger partial charge in [-0.15, -0.1) is 11.3 Å². The van der Waals surface area contributed by atoms with Crippen molar-refractivity contribution in [1.82, 2.24) is 0 Å². The van der Waals surface area contributed by atoms with E-state index in [1.54, 1.807) is 0 Å². The van der Waals surface area contributed by atoms with Gasteiger partial charge < -0.3 is 10.1 Å². The molecule has 0 atom stereocenters. The lowest BCUT2D eigenvalue weighted by Crippen LogP contribution is -2.16. The molecule has 32 heavy (non-hydrogen) atoms. The van der Waals surface area contributed by atoms with Gasteiger partial charge in [-0.25, -0.2) is 4.79 Å². The number of anilines is 1. The quantitative estimate of drug-likeness (QED) is 0.426. The summed E-state index contributed by atoms with van der Waals surface area (Å²) in [6, 6.07) is 18.2. The first kappa shape index (κ1) is 22.3. The number of ether oxygens (including phenoxy) is 1. The van der Waals surface area contributed by atoms with E-state index >= 15 is 0 Å². The van der Waals surface area contributed by atoms with Gasteiger partial charge in [0, 0.05) is 10.4 Å². The SMILES string of the molecule is COC(=O)c1c(NC(=O)Cc2ccccc2)sc(C)c1-c1ccc(C2CCCCC2)cc1. The van der Waals surface area contributed by atoms with Crippen molar-refractivity contribution in [3.8, 4) is 11.1 Å². The fourth-order valence-electron chi connectivity index (χ4n) is 4.59. The van der Waals surface area contributed by atoms with Crippen LogP contribution in [-0.4, -0.2) is 19.0 Å². The molecular weight excluding hydrogens is 418 g/mol. The molecule has 3 aromatic rings. The minimum atomic E-state index is -0.435. The van der Waals surface area contributed by atoms with E-state index in [1.165, 1.54) is 56.1 Å². The van der Waals surface area contributed by atoms with Gasteiger partial charge in [0.1, 0.15) is 10.6 Å². The van der Waals surface area contributed by atoms with Gasteiger partial charge in [0.25, 0.3) is 0 Å². The number of hydrogen-bond donors (Lipinski definition) is 1. The molecule has 0 saturated heterocycles. The summed E-state index contributed by atoms with van der Waals surface area (Å²) in [6.45, 7) is 1.98. The molecule has 4 rings (SSSR count). The maximum Gasteiger partial charge on any atom is 0.341 e. The Kier molecular flexibility index (Phi) is 7.05. The highest BCUT2D eigenvalue weighted by molar-refractivity contribution is 7.17. The van der Waals surface area contributed by atoms with Crippen molar-refractivity contribution in [2.75, 3.05) is 12.4 Å². The zero-order chi connectivity index (χ0) is 22.5. The van der Waals surface area contributed by atoms with Crippen LogP contribution >= 0.6 is 11.3 Å². The Morgan fingerprint density at radius 2 is 1.69 bits per heavy atom. The number of hydrogen-bond acceptors (Lipinski definition) is 4. The van der Waals surface area contributed by atoms with Crippen LogP contribution in [0.2, 0.25) is 0 Å². The third-order valence-corrected chi connectivity index (χ3v) is 7.23. The summed E-state index contributed by atoms with van der Waals surface area (Å²) >= 11 is 1.42. The molecule has 4 nitrogen and oxygen atoms in total. The maximum absolute atomic E-state index is 12.7. The summed E-state index contributed by atoms with van der Waals surface area (Å²) in [7, 11) is 1.38. The fraction of sp³-hybridized carbons (Fsp3) is 0.333. The summed E-state index contributed by atoms with van der Waals surface area (Å²) < 4.78 is 5.09. The summed E-state index contributed by atoms with van der Waals surface area (Å²) in [5.41, 5.74) is 4.55. The molecule has 1 aliphatic carbocycles. The van der Waals surface area contributed by atoms with Gasteiger partial charge in [-0.3, -0.25) is 4.79 Å². The highest BCUT2D eigenvalue weighted by Gasteiger charge is 2.25. The van der Waals surface area contributed by atoms with Crippen LogP contribution in [-0.2, 0) is 16.0 Å². The molecule has 166 valence electrons. The maximum atomic E-state index is 12.7. The minimum absolute atomic E-state index is 0.151. The first-order valence-electron chi connectivity index (χ1n) is 11.2. The van der Waals surface area contributed by atoms with E-state index in [0.29, 0.717) is 16.5 Å². The number of carbonyl (C=O) groups excluding carboxylic acids is 2. The van der Waals surface area contributed by atoms with E-state index in [0.717, 1.165) is 21.6 Å². The van der Waals surface area contributed by atoms with E-state index in [1.807, 2.05) is 37.3 Å². The molecule has 0 spiro atoms. The zero-order valence-electron chi connectivity index (χ0n) is 18.6. The number of rotatable bonds is 6. The van der Waals surface area contributed by atoms with Crippen LogP contribution in [0, 0.1) is 6.92 Å². The van der Waals surface area contributed by atoms with Crippen LogP contribution in [0.3, 0.4) is 0 Å². The number of methoxy groups -OCH3 is 1. The number of amides is 1. The van der Waals surface area contributed by atoms with Crippen LogP contribution < -0.4 is 5.32 Å². The van der Waals surface area contributed by atoms with Crippen molar-refractivity contribution in [3.05, 3.63) is 76.2 Å². The number of aryl methyl sites for hydroxylation is 1. The molecule has 5 heteroatoms. The third-order valence-electron chi connectivity index (χ3n) is 6.21. The number of benzene rings is 2. The summed E-state index contributed by atoms with van der Waals surface area (Å²) in [5.74, 6) is 0.0480. The second kappa shape index (κ2) is 10.1. The molecule has 0 radical (unpaired) electrons. The number of thiophene rings is 1. The Morgan fingerprint density at radius 1 is 1.00 bits per heavy atom. The molecule has 0 bridgehead atoms. The highest BCUT2D eigenvalue weighted by Crippen LogP contribution is 2.41. The average Bonchev–Trinajstić information content (AvgIpc) is 3.15. The Balaban J connectivity index is 1.61. The number of esters is 1. The number of nitrogens with one attached hydrogen (secondary N) is 1. The van der Waals surface area contributed by atoms with Gasteiger partial charge in [-0.1, -0.05) is 73.9 Å². The third kappa shape index (κ3) is 4.94.